The molecule has 4 nitrogen and oxygen atoms in total. The van der Waals surface area contributed by atoms with Gasteiger partial charge in [0.25, 0.3) is 0 Å². The Kier molecular flexibility index (Phi) is 6.78. The normalized spacial score (nSPS) is 14.3. The molecule has 0 heterocycles. The highest BCUT2D eigenvalue weighted by atomic mass is 19.1. The maximum atomic E-state index is 13.1. The zero-order valence-electron chi connectivity index (χ0n) is 13.3. The molecular formula is C16H26FN3O. The molecule has 118 valence electrons. The molecule has 0 fully saturated rings. The van der Waals surface area contributed by atoms with Crippen molar-refractivity contribution in [3.8, 4) is 0 Å². The van der Waals surface area contributed by atoms with Gasteiger partial charge in [-0.15, -0.1) is 0 Å². The van der Waals surface area contributed by atoms with Gasteiger partial charge in [0.2, 0.25) is 5.91 Å². The van der Waals surface area contributed by atoms with E-state index in [-0.39, 0.29) is 36.4 Å². The molecule has 0 aliphatic rings. The summed E-state index contributed by atoms with van der Waals surface area (Å²) in [6.45, 7) is 8.71. The molecule has 0 aliphatic heterocycles. The number of hydrogen-bond donors (Lipinski definition) is 2. The van der Waals surface area contributed by atoms with E-state index in [1.807, 2.05) is 32.6 Å². The molecule has 3 N–H and O–H groups in total. The number of halogens is 1. The van der Waals surface area contributed by atoms with Crippen molar-refractivity contribution in [1.82, 2.24) is 10.2 Å². The molecule has 1 aromatic rings. The fourth-order valence-corrected chi connectivity index (χ4v) is 2.47. The van der Waals surface area contributed by atoms with E-state index in [1.54, 1.807) is 12.1 Å². The van der Waals surface area contributed by atoms with E-state index in [1.165, 1.54) is 12.1 Å². The summed E-state index contributed by atoms with van der Waals surface area (Å²) in [7, 11) is 0. The van der Waals surface area contributed by atoms with Gasteiger partial charge in [0, 0.05) is 12.1 Å². The minimum atomic E-state index is -0.275. The van der Waals surface area contributed by atoms with E-state index < -0.39 is 0 Å². The van der Waals surface area contributed by atoms with E-state index in [4.69, 9.17) is 5.73 Å². The second-order valence-electron chi connectivity index (χ2n) is 5.64. The summed E-state index contributed by atoms with van der Waals surface area (Å²) < 4.78 is 13.1. The van der Waals surface area contributed by atoms with Crippen LogP contribution in [0.15, 0.2) is 24.3 Å². The van der Waals surface area contributed by atoms with Crippen LogP contribution in [0.3, 0.4) is 0 Å². The van der Waals surface area contributed by atoms with Gasteiger partial charge >= 0.3 is 0 Å². The summed E-state index contributed by atoms with van der Waals surface area (Å²) in [5.74, 6) is -0.303. The number of carbonyl (C=O) groups is 1. The van der Waals surface area contributed by atoms with Crippen molar-refractivity contribution >= 4 is 5.91 Å². The Morgan fingerprint density at radius 2 is 1.86 bits per heavy atom. The Hall–Kier alpha value is -1.46. The third kappa shape index (κ3) is 5.44. The molecule has 1 rings (SSSR count). The Morgan fingerprint density at radius 3 is 2.29 bits per heavy atom. The van der Waals surface area contributed by atoms with Crippen LogP contribution in [0.5, 0.6) is 0 Å². The van der Waals surface area contributed by atoms with Crippen molar-refractivity contribution in [2.45, 2.75) is 45.8 Å². The second-order valence-corrected chi connectivity index (χ2v) is 5.64. The van der Waals surface area contributed by atoms with Crippen molar-refractivity contribution in [2.75, 3.05) is 13.1 Å². The number of nitrogens with one attached hydrogen (secondary N) is 1. The van der Waals surface area contributed by atoms with Crippen LogP contribution in [0, 0.1) is 5.82 Å². The van der Waals surface area contributed by atoms with Gasteiger partial charge in [0.05, 0.1) is 12.6 Å². The lowest BCUT2D eigenvalue weighted by molar-refractivity contribution is -0.123. The number of hydrogen-bond acceptors (Lipinski definition) is 3. The number of likely N-dealkylation sites (N-methyl/N-ethyl adjacent to an activating group) is 1. The monoisotopic (exact) mass is 295 g/mol. The topological polar surface area (TPSA) is 58.4 Å². The van der Waals surface area contributed by atoms with Gasteiger partial charge < -0.3 is 11.1 Å². The Labute approximate surface area is 126 Å². The molecule has 0 saturated carbocycles. The molecule has 0 bridgehead atoms. The van der Waals surface area contributed by atoms with Crippen molar-refractivity contribution < 1.29 is 9.18 Å². The zero-order valence-corrected chi connectivity index (χ0v) is 13.3. The maximum absolute atomic E-state index is 13.1. The molecule has 1 amide bonds. The molecule has 21 heavy (non-hydrogen) atoms. The van der Waals surface area contributed by atoms with E-state index >= 15 is 0 Å². The third-order valence-electron chi connectivity index (χ3n) is 3.31. The maximum Gasteiger partial charge on any atom is 0.234 e. The summed E-state index contributed by atoms with van der Waals surface area (Å²) >= 11 is 0. The van der Waals surface area contributed by atoms with Gasteiger partial charge in [-0.2, -0.15) is 0 Å². The predicted octanol–water partition coefficient (Wildman–Crippen LogP) is 2.06. The first-order chi connectivity index (χ1) is 9.85. The van der Waals surface area contributed by atoms with Crippen LogP contribution in [-0.4, -0.2) is 36.0 Å². The van der Waals surface area contributed by atoms with Gasteiger partial charge in [-0.1, -0.05) is 19.1 Å². The first-order valence-corrected chi connectivity index (χ1v) is 7.39. The number of benzene rings is 1. The summed E-state index contributed by atoms with van der Waals surface area (Å²) in [6.07, 6.45) is 0. The largest absolute Gasteiger partial charge is 0.353 e. The molecule has 1 aromatic carbocycles. The van der Waals surface area contributed by atoms with Crippen LogP contribution in [0.4, 0.5) is 4.39 Å². The summed E-state index contributed by atoms with van der Waals surface area (Å²) in [5.41, 5.74) is 7.01. The SMILES string of the molecule is CCN(CC(=O)NC(C)C)C(c1ccc(F)cc1)C(C)N. The molecule has 2 unspecified atom stereocenters. The highest BCUT2D eigenvalue weighted by molar-refractivity contribution is 5.78. The average molecular weight is 295 g/mol. The van der Waals surface area contributed by atoms with Gasteiger partial charge in [-0.3, -0.25) is 9.69 Å². The summed E-state index contributed by atoms with van der Waals surface area (Å²) in [5, 5.41) is 2.88. The molecule has 0 saturated heterocycles. The van der Waals surface area contributed by atoms with Crippen LogP contribution in [0.1, 0.15) is 39.3 Å². The third-order valence-corrected chi connectivity index (χ3v) is 3.31. The first-order valence-electron chi connectivity index (χ1n) is 7.39. The van der Waals surface area contributed by atoms with Crippen LogP contribution in [-0.2, 0) is 4.79 Å². The number of carbonyl (C=O) groups excluding carboxylic acids is 1. The highest BCUT2D eigenvalue weighted by Crippen LogP contribution is 2.23. The highest BCUT2D eigenvalue weighted by Gasteiger charge is 2.25. The second kappa shape index (κ2) is 8.10. The molecule has 2 atom stereocenters. The number of amides is 1. The van der Waals surface area contributed by atoms with E-state index in [0.717, 1.165) is 5.56 Å². The van der Waals surface area contributed by atoms with Crippen LogP contribution < -0.4 is 11.1 Å². The lowest BCUT2D eigenvalue weighted by Crippen LogP contribution is -2.45. The fourth-order valence-electron chi connectivity index (χ4n) is 2.47. The Bertz CT molecular complexity index is 445. The van der Waals surface area contributed by atoms with Gasteiger partial charge in [-0.25, -0.2) is 4.39 Å². The fraction of sp³-hybridized carbons (Fsp3) is 0.562. The molecule has 0 spiro atoms. The van der Waals surface area contributed by atoms with Gasteiger partial charge in [0.15, 0.2) is 0 Å². The Balaban J connectivity index is 2.90. The predicted molar refractivity (Wildman–Crippen MR) is 83.3 cm³/mol. The summed E-state index contributed by atoms with van der Waals surface area (Å²) in [6, 6.07) is 6.13. The standard InChI is InChI=1S/C16H26FN3O/c1-5-20(10-15(21)19-11(2)3)16(12(4)18)13-6-8-14(17)9-7-13/h6-9,11-12,16H,5,10,18H2,1-4H3,(H,19,21). The van der Waals surface area contributed by atoms with E-state index in [2.05, 4.69) is 5.32 Å². The van der Waals surface area contributed by atoms with Crippen LogP contribution in [0.2, 0.25) is 0 Å². The van der Waals surface area contributed by atoms with Crippen molar-refractivity contribution in [1.29, 1.82) is 0 Å². The smallest absolute Gasteiger partial charge is 0.234 e. The number of rotatable bonds is 7. The Morgan fingerprint density at radius 1 is 1.29 bits per heavy atom. The quantitative estimate of drug-likeness (QED) is 0.809. The lowest BCUT2D eigenvalue weighted by Gasteiger charge is -2.33. The van der Waals surface area contributed by atoms with Gasteiger partial charge in [0.1, 0.15) is 5.82 Å². The molecule has 0 aliphatic carbocycles. The van der Waals surface area contributed by atoms with Crippen molar-refractivity contribution in [2.24, 2.45) is 5.73 Å². The van der Waals surface area contributed by atoms with Gasteiger partial charge in [-0.05, 0) is 45.0 Å². The minimum Gasteiger partial charge on any atom is -0.353 e. The van der Waals surface area contributed by atoms with E-state index in [9.17, 15) is 9.18 Å². The average Bonchev–Trinajstić information content (AvgIpc) is 2.38. The first kappa shape index (κ1) is 17.6. The number of nitrogens with zero attached hydrogens (tertiary/aromatic N) is 1. The number of nitrogens with two attached hydrogens (primary N) is 1. The lowest BCUT2D eigenvalue weighted by atomic mass is 9.99. The zero-order chi connectivity index (χ0) is 16.0. The van der Waals surface area contributed by atoms with Crippen molar-refractivity contribution in [3.63, 3.8) is 0 Å². The van der Waals surface area contributed by atoms with Crippen LogP contribution >= 0.6 is 0 Å². The van der Waals surface area contributed by atoms with Crippen LogP contribution in [0.25, 0.3) is 0 Å². The van der Waals surface area contributed by atoms with Crippen molar-refractivity contribution in [3.05, 3.63) is 35.6 Å². The molecule has 0 aromatic heterocycles. The molecule has 5 heteroatoms. The minimum absolute atomic E-state index is 0.0281. The van der Waals surface area contributed by atoms with E-state index in [0.29, 0.717) is 6.54 Å². The summed E-state index contributed by atoms with van der Waals surface area (Å²) in [4.78, 5) is 14.0. The molecule has 0 radical (unpaired) electrons. The molecular weight excluding hydrogens is 269 g/mol.